The summed E-state index contributed by atoms with van der Waals surface area (Å²) in [7, 11) is 0. The van der Waals surface area contributed by atoms with E-state index in [9.17, 15) is 18.0 Å². The number of hydrogen-bond donors (Lipinski definition) is 0. The molecule has 0 saturated heterocycles. The molecule has 0 aliphatic carbocycles. The molecule has 0 saturated carbocycles. The van der Waals surface area contributed by atoms with Crippen LogP contribution in [0.15, 0.2) is 0 Å². The van der Waals surface area contributed by atoms with E-state index in [2.05, 4.69) is 4.74 Å². The zero-order valence-corrected chi connectivity index (χ0v) is 6.18. The van der Waals surface area contributed by atoms with E-state index in [1.54, 1.807) is 0 Å². The number of ether oxygens (including phenoxy) is 1. The molecule has 0 aliphatic heterocycles. The molecule has 0 amide bonds. The molecule has 0 aliphatic rings. The van der Waals surface area contributed by atoms with Crippen LogP contribution in [0.1, 0.15) is 13.8 Å². The topological polar surface area (TPSA) is 26.3 Å². The lowest BCUT2D eigenvalue weighted by molar-refractivity contribution is -0.152. The summed E-state index contributed by atoms with van der Waals surface area (Å²) >= 11 is 0. The summed E-state index contributed by atoms with van der Waals surface area (Å²) < 4.78 is 39.6. The van der Waals surface area contributed by atoms with Crippen LogP contribution in [-0.4, -0.2) is 24.7 Å². The van der Waals surface area contributed by atoms with E-state index < -0.39 is 24.7 Å². The van der Waals surface area contributed by atoms with E-state index in [4.69, 9.17) is 0 Å². The van der Waals surface area contributed by atoms with Gasteiger partial charge < -0.3 is 4.74 Å². The first-order chi connectivity index (χ1) is 4.95. The van der Waals surface area contributed by atoms with Crippen molar-refractivity contribution in [2.75, 3.05) is 0 Å². The Kier molecular flexibility index (Phi) is 3.92. The summed E-state index contributed by atoms with van der Waals surface area (Å²) in [6.07, 6.45) is -6.89. The van der Waals surface area contributed by atoms with Crippen molar-refractivity contribution in [3.63, 3.8) is 0 Å². The van der Waals surface area contributed by atoms with Gasteiger partial charge >= 0.3 is 5.97 Å². The Morgan fingerprint density at radius 2 is 1.82 bits per heavy atom. The molecular weight excluding hydrogens is 161 g/mol. The molecule has 0 spiro atoms. The first-order valence-electron chi connectivity index (χ1n) is 3.04. The molecule has 0 aromatic rings. The number of carbonyl (C=O) groups is 1. The van der Waals surface area contributed by atoms with Gasteiger partial charge in [-0.25, -0.2) is 13.2 Å². The SMILES string of the molecule is CC(=O)OC(C)C(F)C(F)F. The summed E-state index contributed by atoms with van der Waals surface area (Å²) in [5, 5.41) is 0. The first kappa shape index (κ1) is 10.3. The Morgan fingerprint density at radius 3 is 2.09 bits per heavy atom. The Bertz CT molecular complexity index is 138. The average Bonchev–Trinajstić information content (AvgIpc) is 1.84. The van der Waals surface area contributed by atoms with Crippen molar-refractivity contribution in [2.45, 2.75) is 32.5 Å². The van der Waals surface area contributed by atoms with Gasteiger partial charge in [-0.2, -0.15) is 0 Å². The molecule has 2 atom stereocenters. The van der Waals surface area contributed by atoms with E-state index in [0.29, 0.717) is 0 Å². The third kappa shape index (κ3) is 3.85. The molecule has 0 fully saturated rings. The lowest BCUT2D eigenvalue weighted by Crippen LogP contribution is -2.30. The van der Waals surface area contributed by atoms with Crippen LogP contribution in [0.2, 0.25) is 0 Å². The van der Waals surface area contributed by atoms with Gasteiger partial charge in [-0.15, -0.1) is 0 Å². The van der Waals surface area contributed by atoms with Crippen molar-refractivity contribution in [2.24, 2.45) is 0 Å². The minimum Gasteiger partial charge on any atom is -0.460 e. The van der Waals surface area contributed by atoms with Gasteiger partial charge in [0.25, 0.3) is 6.43 Å². The van der Waals surface area contributed by atoms with Gasteiger partial charge in [-0.1, -0.05) is 0 Å². The zero-order valence-electron chi connectivity index (χ0n) is 6.18. The molecule has 0 bridgehead atoms. The lowest BCUT2D eigenvalue weighted by Gasteiger charge is -2.15. The van der Waals surface area contributed by atoms with Crippen molar-refractivity contribution in [3.05, 3.63) is 0 Å². The van der Waals surface area contributed by atoms with Gasteiger partial charge in [0.1, 0.15) is 6.10 Å². The number of rotatable bonds is 3. The molecule has 0 aromatic heterocycles. The predicted octanol–water partition coefficient (Wildman–Crippen LogP) is 1.54. The highest BCUT2D eigenvalue weighted by molar-refractivity contribution is 5.66. The molecule has 2 nitrogen and oxygen atoms in total. The van der Waals surface area contributed by atoms with E-state index in [0.717, 1.165) is 13.8 Å². The largest absolute Gasteiger partial charge is 0.460 e. The number of alkyl halides is 3. The number of carbonyl (C=O) groups excluding carboxylic acids is 1. The summed E-state index contributed by atoms with van der Waals surface area (Å²) in [5.41, 5.74) is 0. The van der Waals surface area contributed by atoms with Crippen LogP contribution >= 0.6 is 0 Å². The van der Waals surface area contributed by atoms with Crippen LogP contribution in [0.25, 0.3) is 0 Å². The maximum Gasteiger partial charge on any atom is 0.302 e. The fourth-order valence-electron chi connectivity index (χ4n) is 0.532. The number of halogens is 3. The number of esters is 1. The van der Waals surface area contributed by atoms with Crippen LogP contribution in [0.5, 0.6) is 0 Å². The third-order valence-corrected chi connectivity index (χ3v) is 1.04. The molecule has 0 aromatic carbocycles. The van der Waals surface area contributed by atoms with Crippen LogP contribution in [0.3, 0.4) is 0 Å². The maximum atomic E-state index is 12.3. The van der Waals surface area contributed by atoms with E-state index in [-0.39, 0.29) is 0 Å². The Hall–Kier alpha value is -0.740. The summed E-state index contributed by atoms with van der Waals surface area (Å²) in [5.74, 6) is -0.763. The summed E-state index contributed by atoms with van der Waals surface area (Å²) in [4.78, 5) is 10.1. The zero-order chi connectivity index (χ0) is 9.02. The second kappa shape index (κ2) is 4.20. The van der Waals surface area contributed by atoms with Gasteiger partial charge in [0.2, 0.25) is 0 Å². The molecule has 2 unspecified atom stereocenters. The molecule has 0 rings (SSSR count). The van der Waals surface area contributed by atoms with Gasteiger partial charge in [-0.05, 0) is 6.92 Å². The van der Waals surface area contributed by atoms with Crippen molar-refractivity contribution in [1.29, 1.82) is 0 Å². The highest BCUT2D eigenvalue weighted by Gasteiger charge is 2.28. The Morgan fingerprint density at radius 1 is 1.36 bits per heavy atom. The van der Waals surface area contributed by atoms with Crippen LogP contribution in [-0.2, 0) is 9.53 Å². The lowest BCUT2D eigenvalue weighted by atomic mass is 10.2. The molecule has 5 heteroatoms. The van der Waals surface area contributed by atoms with Gasteiger partial charge in [0, 0.05) is 6.92 Å². The summed E-state index contributed by atoms with van der Waals surface area (Å²) in [6.45, 7) is 2.12. The molecule has 11 heavy (non-hydrogen) atoms. The van der Waals surface area contributed by atoms with Crippen molar-refractivity contribution < 1.29 is 22.7 Å². The maximum absolute atomic E-state index is 12.3. The van der Waals surface area contributed by atoms with E-state index >= 15 is 0 Å². The van der Waals surface area contributed by atoms with Crippen LogP contribution in [0, 0.1) is 0 Å². The molecule has 0 heterocycles. The quantitative estimate of drug-likeness (QED) is 0.600. The van der Waals surface area contributed by atoms with Crippen molar-refractivity contribution >= 4 is 5.97 Å². The summed E-state index contributed by atoms with van der Waals surface area (Å²) in [6, 6.07) is 0. The highest BCUT2D eigenvalue weighted by atomic mass is 19.3. The van der Waals surface area contributed by atoms with Crippen molar-refractivity contribution in [3.8, 4) is 0 Å². The normalized spacial score (nSPS) is 16.2. The monoisotopic (exact) mass is 170 g/mol. The Labute approximate surface area is 62.3 Å². The van der Waals surface area contributed by atoms with Gasteiger partial charge in [0.15, 0.2) is 6.17 Å². The van der Waals surface area contributed by atoms with E-state index in [1.165, 1.54) is 0 Å². The smallest absolute Gasteiger partial charge is 0.302 e. The number of hydrogen-bond acceptors (Lipinski definition) is 2. The van der Waals surface area contributed by atoms with Crippen LogP contribution in [0.4, 0.5) is 13.2 Å². The fourth-order valence-corrected chi connectivity index (χ4v) is 0.532. The Balaban J connectivity index is 3.82. The molecule has 0 radical (unpaired) electrons. The highest BCUT2D eigenvalue weighted by Crippen LogP contribution is 2.12. The molecule has 0 N–H and O–H groups in total. The van der Waals surface area contributed by atoms with Gasteiger partial charge in [-0.3, -0.25) is 4.79 Å². The fraction of sp³-hybridized carbons (Fsp3) is 0.833. The van der Waals surface area contributed by atoms with Crippen molar-refractivity contribution in [1.82, 2.24) is 0 Å². The van der Waals surface area contributed by atoms with Gasteiger partial charge in [0.05, 0.1) is 0 Å². The first-order valence-corrected chi connectivity index (χ1v) is 3.04. The van der Waals surface area contributed by atoms with E-state index in [1.807, 2.05) is 0 Å². The molecular formula is C6H9F3O2. The minimum atomic E-state index is -3.11. The second-order valence-electron chi connectivity index (χ2n) is 2.09. The van der Waals surface area contributed by atoms with Crippen LogP contribution < -0.4 is 0 Å². The second-order valence-corrected chi connectivity index (χ2v) is 2.09. The molecule has 66 valence electrons. The third-order valence-electron chi connectivity index (χ3n) is 1.04. The standard InChI is InChI=1S/C6H9F3O2/c1-3(11-4(2)10)5(7)6(8)9/h3,5-6H,1-2H3. The average molecular weight is 170 g/mol. The minimum absolute atomic E-state index is 0.763. The predicted molar refractivity (Wildman–Crippen MR) is 32.1 cm³/mol.